The van der Waals surface area contributed by atoms with Gasteiger partial charge in [-0.1, -0.05) is 0 Å². The molecule has 2 rings (SSSR count). The van der Waals surface area contributed by atoms with E-state index in [1.807, 2.05) is 20.8 Å². The van der Waals surface area contributed by atoms with Gasteiger partial charge in [-0.05, 0) is 59.0 Å². The summed E-state index contributed by atoms with van der Waals surface area (Å²) >= 11 is 0. The van der Waals surface area contributed by atoms with Crippen LogP contribution in [0.2, 0.25) is 0 Å². The standard InChI is InChI=1S/C15H27N3O3/c1-15(2,3)21-14(20)17-11-6-7-12(19)18-13(11)10-5-4-8-16-9-10/h10-11,13,16H,4-9H2,1-3H3,(H,17,20)(H,18,19)/t10-,11+,13+/m0/s1. The molecule has 3 N–H and O–H groups in total. The van der Waals surface area contributed by atoms with Crippen LogP contribution in [-0.2, 0) is 9.53 Å². The molecule has 0 aromatic carbocycles. The Labute approximate surface area is 126 Å². The van der Waals surface area contributed by atoms with Crippen LogP contribution < -0.4 is 16.0 Å². The second-order valence-electron chi connectivity index (χ2n) is 6.99. The number of hydrogen-bond donors (Lipinski definition) is 3. The summed E-state index contributed by atoms with van der Waals surface area (Å²) in [6.45, 7) is 7.45. The number of amides is 2. The molecule has 6 heteroatoms. The van der Waals surface area contributed by atoms with Crippen LogP contribution in [0.3, 0.4) is 0 Å². The van der Waals surface area contributed by atoms with Gasteiger partial charge in [-0.25, -0.2) is 4.79 Å². The Bertz CT molecular complexity index is 386. The van der Waals surface area contributed by atoms with E-state index in [1.54, 1.807) is 0 Å². The summed E-state index contributed by atoms with van der Waals surface area (Å²) in [5.41, 5.74) is -0.510. The molecule has 0 saturated carbocycles. The highest BCUT2D eigenvalue weighted by atomic mass is 16.6. The number of carbonyl (C=O) groups excluding carboxylic acids is 2. The summed E-state index contributed by atoms with van der Waals surface area (Å²) in [5, 5.41) is 9.36. The molecule has 120 valence electrons. The summed E-state index contributed by atoms with van der Waals surface area (Å²) in [4.78, 5) is 23.7. The summed E-state index contributed by atoms with van der Waals surface area (Å²) in [5.74, 6) is 0.441. The Morgan fingerprint density at radius 1 is 1.33 bits per heavy atom. The molecule has 3 atom stereocenters. The number of carbonyl (C=O) groups is 2. The minimum absolute atomic E-state index is 0.00781. The fraction of sp³-hybridized carbons (Fsp3) is 0.867. The van der Waals surface area contributed by atoms with Gasteiger partial charge in [0.1, 0.15) is 5.60 Å². The van der Waals surface area contributed by atoms with E-state index in [0.717, 1.165) is 25.9 Å². The Kier molecular flexibility index (Phi) is 5.08. The molecule has 0 bridgehead atoms. The van der Waals surface area contributed by atoms with Crippen molar-refractivity contribution in [3.05, 3.63) is 0 Å². The lowest BCUT2D eigenvalue weighted by Gasteiger charge is -2.39. The van der Waals surface area contributed by atoms with Gasteiger partial charge < -0.3 is 20.7 Å². The Morgan fingerprint density at radius 3 is 2.71 bits per heavy atom. The molecule has 2 heterocycles. The molecule has 0 radical (unpaired) electrons. The second kappa shape index (κ2) is 6.64. The number of rotatable bonds is 2. The zero-order chi connectivity index (χ0) is 15.5. The molecule has 2 saturated heterocycles. The molecule has 0 aliphatic carbocycles. The van der Waals surface area contributed by atoms with E-state index in [4.69, 9.17) is 4.74 Å². The number of hydrogen-bond acceptors (Lipinski definition) is 4. The van der Waals surface area contributed by atoms with Crippen molar-refractivity contribution in [2.24, 2.45) is 5.92 Å². The van der Waals surface area contributed by atoms with Crippen LogP contribution >= 0.6 is 0 Å². The third-order valence-electron chi connectivity index (χ3n) is 3.99. The van der Waals surface area contributed by atoms with Crippen molar-refractivity contribution < 1.29 is 14.3 Å². The minimum Gasteiger partial charge on any atom is -0.444 e. The molecule has 6 nitrogen and oxygen atoms in total. The highest BCUT2D eigenvalue weighted by Gasteiger charge is 2.36. The van der Waals surface area contributed by atoms with Crippen molar-refractivity contribution in [1.82, 2.24) is 16.0 Å². The van der Waals surface area contributed by atoms with Crippen LogP contribution in [0.4, 0.5) is 4.79 Å². The molecule has 2 aliphatic heterocycles. The molecule has 0 aromatic heterocycles. The van der Waals surface area contributed by atoms with E-state index < -0.39 is 11.7 Å². The maximum absolute atomic E-state index is 12.0. The summed E-state index contributed by atoms with van der Waals surface area (Å²) in [6.07, 6.45) is 2.90. The lowest BCUT2D eigenvalue weighted by atomic mass is 9.83. The van der Waals surface area contributed by atoms with Gasteiger partial charge in [0, 0.05) is 6.42 Å². The summed E-state index contributed by atoms with van der Waals surface area (Å²) < 4.78 is 5.32. The van der Waals surface area contributed by atoms with Gasteiger partial charge in [-0.2, -0.15) is 0 Å². The quantitative estimate of drug-likeness (QED) is 0.714. The lowest BCUT2D eigenvalue weighted by molar-refractivity contribution is -0.124. The molecule has 2 fully saturated rings. The van der Waals surface area contributed by atoms with Crippen molar-refractivity contribution >= 4 is 12.0 Å². The highest BCUT2D eigenvalue weighted by molar-refractivity contribution is 5.78. The van der Waals surface area contributed by atoms with Crippen molar-refractivity contribution in [3.8, 4) is 0 Å². The van der Waals surface area contributed by atoms with Gasteiger partial charge in [0.05, 0.1) is 12.1 Å². The van der Waals surface area contributed by atoms with Crippen LogP contribution in [0, 0.1) is 5.92 Å². The monoisotopic (exact) mass is 297 g/mol. The molecule has 0 spiro atoms. The fourth-order valence-corrected chi connectivity index (χ4v) is 3.08. The third kappa shape index (κ3) is 4.88. The molecule has 0 aromatic rings. The molecule has 2 amide bonds. The Hall–Kier alpha value is -1.30. The average molecular weight is 297 g/mol. The first-order valence-corrected chi connectivity index (χ1v) is 7.85. The van der Waals surface area contributed by atoms with Crippen molar-refractivity contribution in [2.45, 2.75) is 64.1 Å². The van der Waals surface area contributed by atoms with Crippen molar-refractivity contribution in [3.63, 3.8) is 0 Å². The van der Waals surface area contributed by atoms with Crippen LogP contribution in [-0.4, -0.2) is 42.8 Å². The van der Waals surface area contributed by atoms with E-state index in [0.29, 0.717) is 18.8 Å². The largest absolute Gasteiger partial charge is 0.444 e. The summed E-state index contributed by atoms with van der Waals surface area (Å²) in [6, 6.07) is -0.0611. The molecule has 2 aliphatic rings. The molecular weight excluding hydrogens is 270 g/mol. The van der Waals surface area contributed by atoms with Gasteiger partial charge in [0.15, 0.2) is 0 Å². The van der Waals surface area contributed by atoms with Crippen LogP contribution in [0.5, 0.6) is 0 Å². The van der Waals surface area contributed by atoms with E-state index in [-0.39, 0.29) is 18.0 Å². The number of ether oxygens (including phenoxy) is 1. The van der Waals surface area contributed by atoms with Gasteiger partial charge in [-0.3, -0.25) is 4.79 Å². The smallest absolute Gasteiger partial charge is 0.407 e. The predicted molar refractivity (Wildman–Crippen MR) is 79.9 cm³/mol. The van der Waals surface area contributed by atoms with Crippen LogP contribution in [0.15, 0.2) is 0 Å². The first kappa shape index (κ1) is 16.1. The zero-order valence-electron chi connectivity index (χ0n) is 13.2. The molecular formula is C15H27N3O3. The van der Waals surface area contributed by atoms with Crippen LogP contribution in [0.1, 0.15) is 46.5 Å². The number of nitrogens with one attached hydrogen (secondary N) is 3. The fourth-order valence-electron chi connectivity index (χ4n) is 3.08. The zero-order valence-corrected chi connectivity index (χ0v) is 13.2. The normalized spacial score (nSPS) is 30.4. The number of alkyl carbamates (subject to hydrolysis) is 1. The van der Waals surface area contributed by atoms with Gasteiger partial charge >= 0.3 is 6.09 Å². The Balaban J connectivity index is 1.97. The molecule has 0 unspecified atom stereocenters. The third-order valence-corrected chi connectivity index (χ3v) is 3.99. The predicted octanol–water partition coefficient (Wildman–Crippen LogP) is 1.16. The Morgan fingerprint density at radius 2 is 2.10 bits per heavy atom. The maximum atomic E-state index is 12.0. The maximum Gasteiger partial charge on any atom is 0.407 e. The number of piperidine rings is 2. The van der Waals surface area contributed by atoms with E-state index in [9.17, 15) is 9.59 Å². The van der Waals surface area contributed by atoms with E-state index in [1.165, 1.54) is 0 Å². The topological polar surface area (TPSA) is 79.5 Å². The minimum atomic E-state index is -0.510. The first-order chi connectivity index (χ1) is 9.85. The lowest BCUT2D eigenvalue weighted by Crippen LogP contribution is -2.60. The second-order valence-corrected chi connectivity index (χ2v) is 6.99. The van der Waals surface area contributed by atoms with Gasteiger partial charge in [0.2, 0.25) is 5.91 Å². The van der Waals surface area contributed by atoms with Gasteiger partial charge in [-0.15, -0.1) is 0 Å². The summed E-state index contributed by atoms with van der Waals surface area (Å²) in [7, 11) is 0. The highest BCUT2D eigenvalue weighted by Crippen LogP contribution is 2.22. The average Bonchev–Trinajstić information content (AvgIpc) is 2.40. The van der Waals surface area contributed by atoms with Crippen LogP contribution in [0.25, 0.3) is 0 Å². The molecule has 21 heavy (non-hydrogen) atoms. The van der Waals surface area contributed by atoms with E-state index in [2.05, 4.69) is 16.0 Å². The SMILES string of the molecule is CC(C)(C)OC(=O)N[C@@H]1CCC(=O)N[C@@H]1[C@H]1CCCNC1. The van der Waals surface area contributed by atoms with Crippen molar-refractivity contribution in [1.29, 1.82) is 0 Å². The van der Waals surface area contributed by atoms with E-state index >= 15 is 0 Å². The van der Waals surface area contributed by atoms with Crippen molar-refractivity contribution in [2.75, 3.05) is 13.1 Å². The first-order valence-electron chi connectivity index (χ1n) is 7.85. The van der Waals surface area contributed by atoms with Gasteiger partial charge in [0.25, 0.3) is 0 Å².